The summed E-state index contributed by atoms with van der Waals surface area (Å²) >= 11 is 0. The van der Waals surface area contributed by atoms with Crippen LogP contribution in [-0.4, -0.2) is 37.3 Å². The summed E-state index contributed by atoms with van der Waals surface area (Å²) in [6.45, 7) is 6.58. The van der Waals surface area contributed by atoms with E-state index in [0.717, 1.165) is 45.4 Å². The van der Waals surface area contributed by atoms with Crippen molar-refractivity contribution in [1.29, 1.82) is 0 Å². The van der Waals surface area contributed by atoms with Crippen LogP contribution in [0.4, 0.5) is 5.69 Å². The fraction of sp³-hybridized carbons (Fsp3) is 0.588. The molecular weight excluding hydrogens is 264 g/mol. The van der Waals surface area contributed by atoms with E-state index in [1.807, 2.05) is 0 Å². The molecule has 0 atom stereocenters. The first-order chi connectivity index (χ1) is 10.2. The lowest BCUT2D eigenvalue weighted by Gasteiger charge is -2.29. The van der Waals surface area contributed by atoms with Gasteiger partial charge in [0, 0.05) is 38.3 Å². The van der Waals surface area contributed by atoms with E-state index in [0.29, 0.717) is 6.42 Å². The van der Waals surface area contributed by atoms with Gasteiger partial charge in [-0.15, -0.1) is 0 Å². The van der Waals surface area contributed by atoms with Crippen molar-refractivity contribution in [2.45, 2.75) is 39.0 Å². The molecule has 0 bridgehead atoms. The number of carboxylic acid groups (broad SMARTS) is 1. The fourth-order valence-electron chi connectivity index (χ4n) is 2.26. The molecule has 0 radical (unpaired) electrons. The van der Waals surface area contributed by atoms with Crippen LogP contribution in [0.1, 0.15) is 39.0 Å². The van der Waals surface area contributed by atoms with Crippen molar-refractivity contribution in [1.82, 2.24) is 5.32 Å². The summed E-state index contributed by atoms with van der Waals surface area (Å²) in [5.41, 5.74) is 1.35. The molecule has 0 aliphatic carbocycles. The highest BCUT2D eigenvalue weighted by atomic mass is 16.4. The molecule has 4 heteroatoms. The van der Waals surface area contributed by atoms with Gasteiger partial charge < -0.3 is 15.3 Å². The Morgan fingerprint density at radius 1 is 1.14 bits per heavy atom. The van der Waals surface area contributed by atoms with Crippen molar-refractivity contribution in [3.8, 4) is 0 Å². The minimum Gasteiger partial charge on any atom is -0.481 e. The minimum absolute atomic E-state index is 0.333. The summed E-state index contributed by atoms with van der Waals surface area (Å²) < 4.78 is 0. The highest BCUT2D eigenvalue weighted by Gasteiger charge is 2.08. The zero-order valence-electron chi connectivity index (χ0n) is 13.1. The van der Waals surface area contributed by atoms with Crippen molar-refractivity contribution in [2.75, 3.05) is 31.1 Å². The maximum Gasteiger partial charge on any atom is 0.303 e. The van der Waals surface area contributed by atoms with E-state index in [9.17, 15) is 4.79 Å². The van der Waals surface area contributed by atoms with Crippen molar-refractivity contribution in [3.05, 3.63) is 30.3 Å². The van der Waals surface area contributed by atoms with Crippen molar-refractivity contribution < 1.29 is 9.90 Å². The quantitative estimate of drug-likeness (QED) is 0.791. The summed E-state index contributed by atoms with van der Waals surface area (Å²) in [5.74, 6) is -0.675. The zero-order chi connectivity index (χ0) is 15.3. The number of piperazine rings is 1. The third-order valence-electron chi connectivity index (χ3n) is 3.48. The Morgan fingerprint density at radius 3 is 2.38 bits per heavy atom. The summed E-state index contributed by atoms with van der Waals surface area (Å²) in [6.07, 6.45) is 4.55. The van der Waals surface area contributed by atoms with Gasteiger partial charge >= 0.3 is 5.97 Å². The number of unbranched alkanes of at least 4 members (excludes halogenated alkanes) is 3. The SMILES string of the molecule is CCCCCCC(=O)O.c1ccc(N2CCNCC2)cc1. The second kappa shape index (κ2) is 11.1. The molecule has 1 fully saturated rings. The highest BCUT2D eigenvalue weighted by molar-refractivity contribution is 5.66. The number of para-hydroxylation sites is 1. The van der Waals surface area contributed by atoms with Crippen molar-refractivity contribution in [3.63, 3.8) is 0 Å². The van der Waals surface area contributed by atoms with Crippen LogP contribution in [0.15, 0.2) is 30.3 Å². The van der Waals surface area contributed by atoms with E-state index in [-0.39, 0.29) is 0 Å². The molecule has 2 N–H and O–H groups in total. The lowest BCUT2D eigenvalue weighted by Crippen LogP contribution is -2.43. The first-order valence-electron chi connectivity index (χ1n) is 7.96. The molecule has 118 valence electrons. The number of nitrogens with one attached hydrogen (secondary N) is 1. The average molecular weight is 292 g/mol. The van der Waals surface area contributed by atoms with Crippen LogP contribution >= 0.6 is 0 Å². The van der Waals surface area contributed by atoms with E-state index in [2.05, 4.69) is 47.5 Å². The third kappa shape index (κ3) is 8.35. The normalized spacial score (nSPS) is 14.2. The summed E-state index contributed by atoms with van der Waals surface area (Å²) in [7, 11) is 0. The second-order valence-corrected chi connectivity index (χ2v) is 5.28. The Balaban J connectivity index is 0.000000222. The third-order valence-corrected chi connectivity index (χ3v) is 3.48. The number of rotatable bonds is 6. The number of aliphatic carboxylic acids is 1. The van der Waals surface area contributed by atoms with Crippen LogP contribution in [-0.2, 0) is 4.79 Å². The number of nitrogens with zero attached hydrogens (tertiary/aromatic N) is 1. The van der Waals surface area contributed by atoms with Crippen molar-refractivity contribution >= 4 is 11.7 Å². The number of hydrogen-bond donors (Lipinski definition) is 2. The van der Waals surface area contributed by atoms with Gasteiger partial charge in [-0.05, 0) is 18.6 Å². The van der Waals surface area contributed by atoms with Gasteiger partial charge in [-0.3, -0.25) is 4.79 Å². The Bertz CT molecular complexity index is 376. The van der Waals surface area contributed by atoms with Crippen LogP contribution in [0.2, 0.25) is 0 Å². The first kappa shape index (κ1) is 17.5. The standard InChI is InChI=1S/C10H14N2.C7H14O2/c1-2-4-10(5-3-1)12-8-6-11-7-9-12;1-2-3-4-5-6-7(8)9/h1-5,11H,6-9H2;2-6H2,1H3,(H,8,9). The summed E-state index contributed by atoms with van der Waals surface area (Å²) in [4.78, 5) is 12.4. The van der Waals surface area contributed by atoms with Gasteiger partial charge in [0.2, 0.25) is 0 Å². The predicted molar refractivity (Wildman–Crippen MR) is 87.9 cm³/mol. The molecule has 2 rings (SSSR count). The fourth-order valence-corrected chi connectivity index (χ4v) is 2.26. The second-order valence-electron chi connectivity index (χ2n) is 5.28. The maximum atomic E-state index is 9.96. The van der Waals surface area contributed by atoms with E-state index < -0.39 is 5.97 Å². The zero-order valence-corrected chi connectivity index (χ0v) is 13.1. The van der Waals surface area contributed by atoms with Gasteiger partial charge in [-0.1, -0.05) is 44.4 Å². The number of anilines is 1. The van der Waals surface area contributed by atoms with Crippen LogP contribution in [0.5, 0.6) is 0 Å². The van der Waals surface area contributed by atoms with Crippen LogP contribution in [0, 0.1) is 0 Å². The van der Waals surface area contributed by atoms with Gasteiger partial charge in [0.05, 0.1) is 0 Å². The molecule has 1 heterocycles. The predicted octanol–water partition coefficient (Wildman–Crippen LogP) is 3.14. The lowest BCUT2D eigenvalue weighted by atomic mass is 10.2. The number of carboxylic acids is 1. The van der Waals surface area contributed by atoms with Gasteiger partial charge in [0.1, 0.15) is 0 Å². The van der Waals surface area contributed by atoms with Gasteiger partial charge in [0.15, 0.2) is 0 Å². The summed E-state index contributed by atoms with van der Waals surface area (Å²) in [6, 6.07) is 10.6. The minimum atomic E-state index is -0.675. The number of carbonyl (C=O) groups is 1. The van der Waals surface area contributed by atoms with Gasteiger partial charge in [-0.25, -0.2) is 0 Å². The maximum absolute atomic E-state index is 9.96. The van der Waals surface area contributed by atoms with Gasteiger partial charge in [-0.2, -0.15) is 0 Å². The van der Waals surface area contributed by atoms with Crippen LogP contribution < -0.4 is 10.2 Å². The first-order valence-corrected chi connectivity index (χ1v) is 7.96. The Labute approximate surface area is 128 Å². The molecular formula is C17H28N2O2. The number of hydrogen-bond acceptors (Lipinski definition) is 3. The van der Waals surface area contributed by atoms with E-state index in [1.165, 1.54) is 12.1 Å². The van der Waals surface area contributed by atoms with E-state index >= 15 is 0 Å². The molecule has 1 aliphatic heterocycles. The molecule has 21 heavy (non-hydrogen) atoms. The molecule has 0 spiro atoms. The Hall–Kier alpha value is -1.55. The topological polar surface area (TPSA) is 52.6 Å². The van der Waals surface area contributed by atoms with E-state index in [4.69, 9.17) is 5.11 Å². The molecule has 0 aromatic heterocycles. The van der Waals surface area contributed by atoms with Crippen LogP contribution in [0.25, 0.3) is 0 Å². The Morgan fingerprint density at radius 2 is 1.81 bits per heavy atom. The summed E-state index contributed by atoms with van der Waals surface area (Å²) in [5, 5.41) is 11.6. The number of benzene rings is 1. The molecule has 0 saturated carbocycles. The molecule has 1 aliphatic rings. The molecule has 0 unspecified atom stereocenters. The molecule has 1 saturated heterocycles. The van der Waals surface area contributed by atoms with Crippen LogP contribution in [0.3, 0.4) is 0 Å². The lowest BCUT2D eigenvalue weighted by molar-refractivity contribution is -0.137. The molecule has 1 aromatic carbocycles. The van der Waals surface area contributed by atoms with E-state index in [1.54, 1.807) is 0 Å². The monoisotopic (exact) mass is 292 g/mol. The smallest absolute Gasteiger partial charge is 0.303 e. The molecule has 0 amide bonds. The highest BCUT2D eigenvalue weighted by Crippen LogP contribution is 2.12. The molecule has 4 nitrogen and oxygen atoms in total. The van der Waals surface area contributed by atoms with Gasteiger partial charge in [0.25, 0.3) is 0 Å². The molecule has 1 aromatic rings. The van der Waals surface area contributed by atoms with Crippen molar-refractivity contribution in [2.24, 2.45) is 0 Å². The largest absolute Gasteiger partial charge is 0.481 e. The Kier molecular flexibility index (Phi) is 9.29. The average Bonchev–Trinajstić information content (AvgIpc) is 2.54.